The molecule has 152 valence electrons. The highest BCUT2D eigenvalue weighted by molar-refractivity contribution is 7.89. The molecule has 0 unspecified atom stereocenters. The fourth-order valence-corrected chi connectivity index (χ4v) is 5.33. The zero-order chi connectivity index (χ0) is 18.7. The lowest BCUT2D eigenvalue weighted by Gasteiger charge is -2.36. The van der Waals surface area contributed by atoms with Crippen molar-refractivity contribution in [2.75, 3.05) is 33.2 Å². The van der Waals surface area contributed by atoms with Gasteiger partial charge in [-0.05, 0) is 57.8 Å². The van der Waals surface area contributed by atoms with Crippen LogP contribution in [0.15, 0.2) is 29.2 Å². The molecule has 8 heteroatoms. The molecule has 6 nitrogen and oxygen atoms in total. The lowest BCUT2D eigenvalue weighted by atomic mass is 9.95. The van der Waals surface area contributed by atoms with Crippen molar-refractivity contribution in [2.45, 2.75) is 43.5 Å². The molecule has 2 aliphatic rings. The number of halogens is 1. The molecular formula is C19H30ClN3O3S. The molecule has 0 spiro atoms. The maximum Gasteiger partial charge on any atom is 0.243 e. The highest BCUT2D eigenvalue weighted by atomic mass is 35.5. The van der Waals surface area contributed by atoms with Gasteiger partial charge in [0.2, 0.25) is 15.9 Å². The van der Waals surface area contributed by atoms with Crippen molar-refractivity contribution in [3.8, 4) is 0 Å². The molecule has 27 heavy (non-hydrogen) atoms. The molecule has 2 heterocycles. The van der Waals surface area contributed by atoms with Crippen LogP contribution in [0.1, 0.15) is 31.2 Å². The van der Waals surface area contributed by atoms with Crippen molar-refractivity contribution in [3.05, 3.63) is 29.8 Å². The summed E-state index contributed by atoms with van der Waals surface area (Å²) in [4.78, 5) is 15.0. The van der Waals surface area contributed by atoms with Gasteiger partial charge in [-0.25, -0.2) is 8.42 Å². The van der Waals surface area contributed by atoms with Gasteiger partial charge in [0.1, 0.15) is 0 Å². The second kappa shape index (κ2) is 9.37. The third-order valence-electron chi connectivity index (χ3n) is 5.67. The topological polar surface area (TPSA) is 69.7 Å². The van der Waals surface area contributed by atoms with Gasteiger partial charge in [0.05, 0.1) is 4.90 Å². The standard InChI is InChI=1S/C19H29N3O3S.ClH/c1-15-3-5-18(6-4-15)26(24,25)22-13-9-16(10-14-22)19(23)21(2)17-7-11-20-12-8-17;/h3-6,16-17,20H,7-14H2,1-2H3;1H. The molecular weight excluding hydrogens is 386 g/mol. The van der Waals surface area contributed by atoms with Crippen molar-refractivity contribution >= 4 is 28.3 Å². The Kier molecular flexibility index (Phi) is 7.68. The van der Waals surface area contributed by atoms with E-state index in [1.54, 1.807) is 12.1 Å². The first-order valence-corrected chi connectivity index (χ1v) is 10.9. The molecule has 0 aliphatic carbocycles. The summed E-state index contributed by atoms with van der Waals surface area (Å²) in [6, 6.07) is 7.26. The minimum Gasteiger partial charge on any atom is -0.342 e. The van der Waals surface area contributed by atoms with Gasteiger partial charge in [0, 0.05) is 32.1 Å². The molecule has 1 aromatic rings. The Hall–Kier alpha value is -1.15. The van der Waals surface area contributed by atoms with E-state index in [2.05, 4.69) is 5.32 Å². The molecule has 0 atom stereocenters. The van der Waals surface area contributed by atoms with Gasteiger partial charge in [-0.1, -0.05) is 17.7 Å². The number of sulfonamides is 1. The number of carbonyl (C=O) groups is 1. The summed E-state index contributed by atoms with van der Waals surface area (Å²) in [5.41, 5.74) is 1.04. The molecule has 2 aliphatic heterocycles. The SMILES string of the molecule is Cc1ccc(S(=O)(=O)N2CCC(C(=O)N(C)C3CCNCC3)CC2)cc1.Cl. The molecule has 1 amide bonds. The van der Waals surface area contributed by atoms with E-state index in [-0.39, 0.29) is 24.2 Å². The van der Waals surface area contributed by atoms with Crippen molar-refractivity contribution in [1.82, 2.24) is 14.5 Å². The molecule has 1 N–H and O–H groups in total. The predicted octanol–water partition coefficient (Wildman–Crippen LogP) is 2.03. The molecule has 3 rings (SSSR count). The number of benzene rings is 1. The van der Waals surface area contributed by atoms with Gasteiger partial charge in [-0.15, -0.1) is 12.4 Å². The van der Waals surface area contributed by atoms with E-state index in [0.29, 0.717) is 36.9 Å². The number of aryl methyl sites for hydroxylation is 1. The Balaban J connectivity index is 0.00000261. The first-order valence-electron chi connectivity index (χ1n) is 9.44. The Morgan fingerprint density at radius 2 is 1.63 bits per heavy atom. The van der Waals surface area contributed by atoms with Crippen molar-refractivity contribution < 1.29 is 13.2 Å². The average Bonchev–Trinajstić information content (AvgIpc) is 2.68. The third kappa shape index (κ3) is 5.02. The number of hydrogen-bond acceptors (Lipinski definition) is 4. The highest BCUT2D eigenvalue weighted by Crippen LogP contribution is 2.26. The summed E-state index contributed by atoms with van der Waals surface area (Å²) in [6.45, 7) is 4.66. The normalized spacial score (nSPS) is 20.1. The van der Waals surface area contributed by atoms with Gasteiger partial charge in [-0.3, -0.25) is 4.79 Å². The van der Waals surface area contributed by atoms with E-state index < -0.39 is 10.0 Å². The summed E-state index contributed by atoms with van der Waals surface area (Å²) in [7, 11) is -1.57. The van der Waals surface area contributed by atoms with Crippen LogP contribution in [-0.2, 0) is 14.8 Å². The van der Waals surface area contributed by atoms with Crippen LogP contribution in [0.2, 0.25) is 0 Å². The lowest BCUT2D eigenvalue weighted by molar-refractivity contribution is -0.138. The van der Waals surface area contributed by atoms with Crippen LogP contribution in [0, 0.1) is 12.8 Å². The maximum absolute atomic E-state index is 12.8. The Labute approximate surface area is 168 Å². The van der Waals surface area contributed by atoms with Gasteiger partial charge < -0.3 is 10.2 Å². The smallest absolute Gasteiger partial charge is 0.243 e. The quantitative estimate of drug-likeness (QED) is 0.816. The fraction of sp³-hybridized carbons (Fsp3) is 0.632. The second-order valence-corrected chi connectivity index (χ2v) is 9.36. The van der Waals surface area contributed by atoms with E-state index in [0.717, 1.165) is 31.5 Å². The third-order valence-corrected chi connectivity index (χ3v) is 7.58. The average molecular weight is 416 g/mol. The van der Waals surface area contributed by atoms with Crippen LogP contribution in [0.4, 0.5) is 0 Å². The van der Waals surface area contributed by atoms with Crippen molar-refractivity contribution in [2.24, 2.45) is 5.92 Å². The minimum absolute atomic E-state index is 0. The first-order chi connectivity index (χ1) is 12.4. The van der Waals surface area contributed by atoms with Crippen LogP contribution in [-0.4, -0.2) is 62.8 Å². The number of rotatable bonds is 4. The van der Waals surface area contributed by atoms with Crippen molar-refractivity contribution in [1.29, 1.82) is 0 Å². The molecule has 1 aromatic carbocycles. The summed E-state index contributed by atoms with van der Waals surface area (Å²) < 4.78 is 27.1. The lowest BCUT2D eigenvalue weighted by Crippen LogP contribution is -2.48. The number of hydrogen-bond donors (Lipinski definition) is 1. The van der Waals surface area contributed by atoms with Crippen LogP contribution < -0.4 is 5.32 Å². The largest absolute Gasteiger partial charge is 0.342 e. The van der Waals surface area contributed by atoms with Crippen LogP contribution in [0.5, 0.6) is 0 Å². The molecule has 0 radical (unpaired) electrons. The van der Waals surface area contributed by atoms with Crippen LogP contribution in [0.3, 0.4) is 0 Å². The van der Waals surface area contributed by atoms with Crippen molar-refractivity contribution in [3.63, 3.8) is 0 Å². The highest BCUT2D eigenvalue weighted by Gasteiger charge is 2.34. The van der Waals surface area contributed by atoms with Gasteiger partial charge in [-0.2, -0.15) is 4.31 Å². The predicted molar refractivity (Wildman–Crippen MR) is 109 cm³/mol. The van der Waals surface area contributed by atoms with Crippen LogP contribution >= 0.6 is 12.4 Å². The zero-order valence-corrected chi connectivity index (χ0v) is 17.7. The maximum atomic E-state index is 12.8. The second-order valence-electron chi connectivity index (χ2n) is 7.42. The van der Waals surface area contributed by atoms with E-state index in [4.69, 9.17) is 0 Å². The molecule has 0 aromatic heterocycles. The van der Waals surface area contributed by atoms with E-state index >= 15 is 0 Å². The Bertz CT molecular complexity index is 725. The zero-order valence-electron chi connectivity index (χ0n) is 16.1. The monoisotopic (exact) mass is 415 g/mol. The van der Waals surface area contributed by atoms with Crippen LogP contribution in [0.25, 0.3) is 0 Å². The number of amides is 1. The van der Waals surface area contributed by atoms with E-state index in [1.165, 1.54) is 4.31 Å². The van der Waals surface area contributed by atoms with E-state index in [1.807, 2.05) is 31.0 Å². The van der Waals surface area contributed by atoms with Gasteiger partial charge in [0.25, 0.3) is 0 Å². The molecule has 0 saturated carbocycles. The van der Waals surface area contributed by atoms with Gasteiger partial charge >= 0.3 is 0 Å². The summed E-state index contributed by atoms with van der Waals surface area (Å²) in [6.07, 6.45) is 3.17. The summed E-state index contributed by atoms with van der Waals surface area (Å²) in [5, 5.41) is 3.32. The van der Waals surface area contributed by atoms with E-state index in [9.17, 15) is 13.2 Å². The first kappa shape index (κ1) is 22.1. The summed E-state index contributed by atoms with van der Waals surface area (Å²) >= 11 is 0. The number of nitrogens with zero attached hydrogens (tertiary/aromatic N) is 2. The number of piperidine rings is 2. The van der Waals surface area contributed by atoms with Gasteiger partial charge in [0.15, 0.2) is 0 Å². The number of carbonyl (C=O) groups excluding carboxylic acids is 1. The Morgan fingerprint density at radius 1 is 1.07 bits per heavy atom. The number of nitrogens with one attached hydrogen (secondary N) is 1. The minimum atomic E-state index is -3.47. The molecule has 0 bridgehead atoms. The molecule has 2 fully saturated rings. The fourth-order valence-electron chi connectivity index (χ4n) is 3.86. The molecule has 2 saturated heterocycles. The Morgan fingerprint density at radius 3 is 2.19 bits per heavy atom. The summed E-state index contributed by atoms with van der Waals surface area (Å²) in [5.74, 6) is 0.101.